The first-order chi connectivity index (χ1) is 24.0. The molecule has 3 amide bonds. The molecule has 4 atom stereocenters. The molecule has 4 rings (SSSR count). The molecule has 11 nitrogen and oxygen atoms in total. The average Bonchev–Trinajstić information content (AvgIpc) is 3.79. The minimum atomic E-state index is -0.963. The third-order valence-electron chi connectivity index (χ3n) is 8.03. The fourth-order valence-corrected chi connectivity index (χ4v) is 6.65. The van der Waals surface area contributed by atoms with Crippen molar-refractivity contribution in [3.8, 4) is 0 Å². The van der Waals surface area contributed by atoms with Gasteiger partial charge in [-0.1, -0.05) is 88.4 Å². The van der Waals surface area contributed by atoms with Gasteiger partial charge in [0.05, 0.1) is 33.7 Å². The minimum absolute atomic E-state index is 0. The number of alkyl carbamates (subject to hydrolysis) is 1. The molecule has 0 saturated carbocycles. The van der Waals surface area contributed by atoms with E-state index in [0.717, 1.165) is 26.7 Å². The number of nitrogens with one attached hydrogen (secondary N) is 2. The van der Waals surface area contributed by atoms with E-state index in [9.17, 15) is 14.4 Å². The van der Waals surface area contributed by atoms with Crippen molar-refractivity contribution in [2.24, 2.45) is 11.7 Å². The summed E-state index contributed by atoms with van der Waals surface area (Å²) in [6, 6.07) is 16.9. The van der Waals surface area contributed by atoms with Crippen LogP contribution in [0.3, 0.4) is 0 Å². The summed E-state index contributed by atoms with van der Waals surface area (Å²) in [7, 11) is 1.66. The molecule has 0 saturated heterocycles. The molecule has 0 radical (unpaired) electrons. The Balaban J connectivity index is 0.00000702. The van der Waals surface area contributed by atoms with Crippen LogP contribution in [0.15, 0.2) is 77.8 Å². The molecule has 0 spiro atoms. The maximum absolute atomic E-state index is 14.0. The Labute approximate surface area is 314 Å². The summed E-state index contributed by atoms with van der Waals surface area (Å²) in [4.78, 5) is 51.5. The number of esters is 1. The number of rotatable bonds is 17. The van der Waals surface area contributed by atoms with Crippen molar-refractivity contribution in [2.75, 3.05) is 7.05 Å². The number of thiazole rings is 2. The monoisotopic (exact) mass is 756 g/mol. The van der Waals surface area contributed by atoms with Gasteiger partial charge in [0.2, 0.25) is 0 Å². The van der Waals surface area contributed by atoms with Gasteiger partial charge in [-0.3, -0.25) is 4.98 Å². The lowest BCUT2D eigenvalue weighted by Crippen LogP contribution is -2.53. The fraction of sp³-hybridized carbons (Fsp3) is 0.432. The lowest BCUT2D eigenvalue weighted by Gasteiger charge is -2.32. The summed E-state index contributed by atoms with van der Waals surface area (Å²) in [5.74, 6) is -0.621. The van der Waals surface area contributed by atoms with Gasteiger partial charge in [-0.25, -0.2) is 19.4 Å². The maximum Gasteiger partial charge on any atom is 0.407 e. The van der Waals surface area contributed by atoms with Crippen LogP contribution in [0, 0.1) is 5.92 Å². The van der Waals surface area contributed by atoms with E-state index < -0.39 is 42.3 Å². The highest BCUT2D eigenvalue weighted by Crippen LogP contribution is 2.21. The quantitative estimate of drug-likeness (QED) is 0.101. The van der Waals surface area contributed by atoms with Crippen LogP contribution in [0.2, 0.25) is 0 Å². The van der Waals surface area contributed by atoms with Crippen LogP contribution in [-0.2, 0) is 40.3 Å². The highest BCUT2D eigenvalue weighted by Gasteiger charge is 2.34. The Bertz CT molecular complexity index is 1620. The molecule has 51 heavy (non-hydrogen) atoms. The summed E-state index contributed by atoms with van der Waals surface area (Å²) < 4.78 is 11.8. The molecule has 0 aliphatic carbocycles. The summed E-state index contributed by atoms with van der Waals surface area (Å²) in [5.41, 5.74) is 11.1. The molecule has 276 valence electrons. The predicted octanol–water partition coefficient (Wildman–Crippen LogP) is 6.72. The number of urea groups is 1. The first-order valence-electron chi connectivity index (χ1n) is 16.8. The topological polar surface area (TPSA) is 149 Å². The minimum Gasteiger partial charge on any atom is -0.459 e. The highest BCUT2D eigenvalue weighted by molar-refractivity contribution is 7.09. The van der Waals surface area contributed by atoms with Crippen molar-refractivity contribution in [3.63, 3.8) is 0 Å². The number of carbonyl (C=O) groups excluding carboxylic acids is 3. The number of amides is 3. The maximum atomic E-state index is 14.0. The Morgan fingerprint density at radius 3 is 2.14 bits per heavy atom. The SMILES string of the molecule is CC(C)c1nc(CN(C)C(=O)N[C@H](C(=O)O[C@@H](C[C@@H](N)Cc2ccccc2)[C@H](Cc2ccccc2)NC(=O)OCc2cncs2)C(C)C)cs1.Cl. The van der Waals surface area contributed by atoms with Crippen LogP contribution in [0.25, 0.3) is 0 Å². The average molecular weight is 757 g/mol. The van der Waals surface area contributed by atoms with Crippen molar-refractivity contribution in [1.82, 2.24) is 25.5 Å². The van der Waals surface area contributed by atoms with Crippen molar-refractivity contribution in [3.05, 3.63) is 104 Å². The van der Waals surface area contributed by atoms with Crippen molar-refractivity contribution in [1.29, 1.82) is 0 Å². The lowest BCUT2D eigenvalue weighted by atomic mass is 9.93. The van der Waals surface area contributed by atoms with E-state index in [1.165, 1.54) is 16.2 Å². The molecular formula is C37H49ClN6O5S2. The lowest BCUT2D eigenvalue weighted by molar-refractivity contribution is -0.154. The molecule has 0 fully saturated rings. The van der Waals surface area contributed by atoms with Crippen molar-refractivity contribution >= 4 is 53.2 Å². The molecule has 0 bridgehead atoms. The van der Waals surface area contributed by atoms with Gasteiger partial charge in [0.1, 0.15) is 18.8 Å². The van der Waals surface area contributed by atoms with E-state index in [2.05, 4.69) is 34.4 Å². The second-order valence-corrected chi connectivity index (χ2v) is 14.9. The molecule has 2 aromatic carbocycles. The van der Waals surface area contributed by atoms with E-state index in [1.807, 2.05) is 79.9 Å². The zero-order valence-electron chi connectivity index (χ0n) is 29.7. The van der Waals surface area contributed by atoms with E-state index in [-0.39, 0.29) is 31.4 Å². The number of nitrogens with zero attached hydrogens (tertiary/aromatic N) is 3. The summed E-state index contributed by atoms with van der Waals surface area (Å²) >= 11 is 2.94. The van der Waals surface area contributed by atoms with Gasteiger partial charge >= 0.3 is 18.1 Å². The number of hydrogen-bond acceptors (Lipinski definition) is 10. The molecule has 2 aromatic heterocycles. The Morgan fingerprint density at radius 1 is 0.922 bits per heavy atom. The van der Waals surface area contributed by atoms with Crippen LogP contribution in [0.4, 0.5) is 9.59 Å². The van der Waals surface area contributed by atoms with Crippen LogP contribution in [0.1, 0.15) is 66.7 Å². The van der Waals surface area contributed by atoms with E-state index >= 15 is 0 Å². The number of halogens is 1. The van der Waals surface area contributed by atoms with Gasteiger partial charge in [-0.05, 0) is 29.9 Å². The molecule has 0 aliphatic heterocycles. The predicted molar refractivity (Wildman–Crippen MR) is 204 cm³/mol. The van der Waals surface area contributed by atoms with Gasteiger partial charge in [0.25, 0.3) is 0 Å². The normalized spacial score (nSPS) is 13.4. The van der Waals surface area contributed by atoms with Crippen molar-refractivity contribution < 1.29 is 23.9 Å². The third kappa shape index (κ3) is 13.6. The Kier molecular flexibility index (Phi) is 16.8. The second kappa shape index (κ2) is 20.7. The van der Waals surface area contributed by atoms with E-state index in [4.69, 9.17) is 15.2 Å². The number of nitrogens with two attached hydrogens (primary N) is 1. The molecule has 4 aromatic rings. The largest absolute Gasteiger partial charge is 0.459 e. The third-order valence-corrected chi connectivity index (χ3v) is 9.98. The molecule has 0 unspecified atom stereocenters. The molecule has 2 heterocycles. The van der Waals surface area contributed by atoms with Crippen LogP contribution in [-0.4, -0.2) is 64.2 Å². The summed E-state index contributed by atoms with van der Waals surface area (Å²) in [5, 5.41) is 8.77. The van der Waals surface area contributed by atoms with E-state index in [1.54, 1.807) is 30.1 Å². The smallest absolute Gasteiger partial charge is 0.407 e. The Hall–Kier alpha value is -4.04. The van der Waals surface area contributed by atoms with Gasteiger partial charge in [0.15, 0.2) is 0 Å². The van der Waals surface area contributed by atoms with Crippen LogP contribution >= 0.6 is 35.1 Å². The number of ether oxygens (including phenoxy) is 2. The van der Waals surface area contributed by atoms with Gasteiger partial charge in [-0.2, -0.15) is 0 Å². The summed E-state index contributed by atoms with van der Waals surface area (Å²) in [6.45, 7) is 8.18. The number of hydrogen-bond donors (Lipinski definition) is 3. The zero-order valence-corrected chi connectivity index (χ0v) is 32.1. The van der Waals surface area contributed by atoms with Crippen molar-refractivity contribution in [2.45, 2.75) is 90.3 Å². The van der Waals surface area contributed by atoms with Gasteiger partial charge in [0, 0.05) is 37.0 Å². The molecule has 4 N–H and O–H groups in total. The Morgan fingerprint density at radius 2 is 1.57 bits per heavy atom. The number of benzene rings is 2. The molecule has 14 heteroatoms. The first kappa shape index (κ1) is 41.4. The number of carbonyl (C=O) groups is 3. The fourth-order valence-electron chi connectivity index (χ4n) is 5.32. The molecule has 0 aliphatic rings. The highest BCUT2D eigenvalue weighted by atomic mass is 35.5. The van der Waals surface area contributed by atoms with Gasteiger partial charge < -0.3 is 30.7 Å². The molecular weight excluding hydrogens is 708 g/mol. The standard InChI is InChI=1S/C37H48N6O5S2.ClH/c1-24(2)33(42-36(45)43(5)20-29-22-49-34(40-29)25(3)4)35(44)48-32(18-28(38)16-26-12-8-6-9-13-26)31(17-27-14-10-7-11-15-27)41-37(46)47-21-30-19-39-23-50-30;/h6-15,19,22-25,28,31-33H,16-18,20-21,38H2,1-5H3,(H,41,46)(H,42,45);1H/t28-,31-,32-,33-;/m0./s1. The van der Waals surface area contributed by atoms with Crippen LogP contribution < -0.4 is 16.4 Å². The second-order valence-electron chi connectivity index (χ2n) is 13.0. The van der Waals surface area contributed by atoms with E-state index in [0.29, 0.717) is 25.3 Å². The zero-order chi connectivity index (χ0) is 36.0. The first-order valence-corrected chi connectivity index (χ1v) is 18.5. The van der Waals surface area contributed by atoms with Crippen LogP contribution in [0.5, 0.6) is 0 Å². The summed E-state index contributed by atoms with van der Waals surface area (Å²) in [6.07, 6.45) is 1.26. The van der Waals surface area contributed by atoms with Gasteiger partial charge in [-0.15, -0.1) is 35.1 Å². The number of aromatic nitrogens is 2.